The van der Waals surface area contributed by atoms with Crippen LogP contribution in [0.4, 0.5) is 0 Å². The molecule has 0 fully saturated rings. The Bertz CT molecular complexity index is 629. The molecule has 3 nitrogen and oxygen atoms in total. The summed E-state index contributed by atoms with van der Waals surface area (Å²) in [7, 11) is 0. The van der Waals surface area contributed by atoms with Crippen molar-refractivity contribution in [3.8, 4) is 5.75 Å². The van der Waals surface area contributed by atoms with E-state index in [0.29, 0.717) is 17.2 Å². The molecule has 102 valence electrons. The maximum absolute atomic E-state index is 11.7. The number of esters is 1. The van der Waals surface area contributed by atoms with Crippen molar-refractivity contribution in [2.45, 2.75) is 26.1 Å². The van der Waals surface area contributed by atoms with Crippen molar-refractivity contribution in [2.75, 3.05) is 0 Å². The minimum atomic E-state index is -0.649. The molecule has 3 heteroatoms. The van der Waals surface area contributed by atoms with Crippen molar-refractivity contribution in [1.29, 1.82) is 0 Å². The van der Waals surface area contributed by atoms with Gasteiger partial charge >= 0.3 is 5.97 Å². The van der Waals surface area contributed by atoms with Crippen molar-refractivity contribution in [1.82, 2.24) is 0 Å². The summed E-state index contributed by atoms with van der Waals surface area (Å²) >= 11 is 0. The molecule has 0 saturated carbocycles. The summed E-state index contributed by atoms with van der Waals surface area (Å²) in [5, 5.41) is 0. The molecule has 20 heavy (non-hydrogen) atoms. The number of carbonyl (C=O) groups excluding carboxylic acids is 1. The maximum atomic E-state index is 11.7. The fourth-order valence-corrected chi connectivity index (χ4v) is 2.26. The summed E-state index contributed by atoms with van der Waals surface area (Å²) in [5.41, 5.74) is 2.61. The second-order valence-electron chi connectivity index (χ2n) is 5.17. The summed E-state index contributed by atoms with van der Waals surface area (Å²) in [4.78, 5) is 11.7. The lowest BCUT2D eigenvalue weighted by molar-refractivity contribution is -0.0382. The van der Waals surface area contributed by atoms with Crippen molar-refractivity contribution < 1.29 is 14.3 Å². The van der Waals surface area contributed by atoms with Crippen LogP contribution in [0.25, 0.3) is 0 Å². The topological polar surface area (TPSA) is 35.5 Å². The van der Waals surface area contributed by atoms with E-state index in [-0.39, 0.29) is 5.97 Å². The molecule has 1 heterocycles. The molecule has 2 aromatic carbocycles. The molecule has 0 saturated heterocycles. The van der Waals surface area contributed by atoms with Gasteiger partial charge in [0, 0.05) is 5.56 Å². The van der Waals surface area contributed by atoms with Crippen molar-refractivity contribution in [2.24, 2.45) is 0 Å². The van der Waals surface area contributed by atoms with Gasteiger partial charge in [-0.15, -0.1) is 0 Å². The van der Waals surface area contributed by atoms with Crippen LogP contribution in [0.2, 0.25) is 0 Å². The van der Waals surface area contributed by atoms with E-state index in [9.17, 15) is 4.79 Å². The summed E-state index contributed by atoms with van der Waals surface area (Å²) in [6.45, 7) is 4.29. The van der Waals surface area contributed by atoms with Gasteiger partial charge in [-0.25, -0.2) is 4.79 Å². The van der Waals surface area contributed by atoms with E-state index in [1.807, 2.05) is 42.5 Å². The zero-order valence-corrected chi connectivity index (χ0v) is 11.5. The third-order valence-electron chi connectivity index (χ3n) is 3.44. The van der Waals surface area contributed by atoms with E-state index in [0.717, 1.165) is 5.56 Å². The largest absolute Gasteiger partial charge is 0.450 e. The molecule has 0 aromatic heterocycles. The summed E-state index contributed by atoms with van der Waals surface area (Å²) in [6.07, 6.45) is -0.649. The first-order valence-corrected chi connectivity index (χ1v) is 6.71. The van der Waals surface area contributed by atoms with Gasteiger partial charge in [-0.3, -0.25) is 0 Å². The second kappa shape index (κ2) is 5.00. The summed E-state index contributed by atoms with van der Waals surface area (Å²) in [6, 6.07) is 15.2. The quantitative estimate of drug-likeness (QED) is 0.787. The summed E-state index contributed by atoms with van der Waals surface area (Å²) in [5.74, 6) is 0.849. The van der Waals surface area contributed by atoms with Gasteiger partial charge in [0.15, 0.2) is 0 Å². The van der Waals surface area contributed by atoms with E-state index in [2.05, 4.69) is 13.8 Å². The molecule has 1 unspecified atom stereocenters. The smallest absolute Gasteiger partial charge is 0.342 e. The number of rotatable bonds is 3. The SMILES string of the molecule is CC(C)c1ccc(OC2OC(=O)c3ccccc32)cc1. The minimum absolute atomic E-state index is 0.329. The van der Waals surface area contributed by atoms with Crippen LogP contribution in [0.3, 0.4) is 0 Å². The van der Waals surface area contributed by atoms with Gasteiger partial charge < -0.3 is 9.47 Å². The Labute approximate surface area is 118 Å². The Morgan fingerprint density at radius 3 is 2.45 bits per heavy atom. The number of ether oxygens (including phenoxy) is 2. The zero-order valence-electron chi connectivity index (χ0n) is 11.5. The van der Waals surface area contributed by atoms with Crippen molar-refractivity contribution >= 4 is 5.97 Å². The highest BCUT2D eigenvalue weighted by Crippen LogP contribution is 2.32. The monoisotopic (exact) mass is 268 g/mol. The molecule has 2 aromatic rings. The standard InChI is InChI=1S/C17H16O3/c1-11(2)12-7-9-13(10-8-12)19-17-15-6-4-3-5-14(15)16(18)20-17/h3-11,17H,1-2H3. The van der Waals surface area contributed by atoms with Crippen molar-refractivity contribution in [3.63, 3.8) is 0 Å². The van der Waals surface area contributed by atoms with Crippen LogP contribution in [0.5, 0.6) is 5.75 Å². The first-order valence-electron chi connectivity index (χ1n) is 6.71. The number of cyclic esters (lactones) is 1. The highest BCUT2D eigenvalue weighted by molar-refractivity contribution is 5.93. The van der Waals surface area contributed by atoms with Gasteiger partial charge in [0.05, 0.1) is 5.56 Å². The van der Waals surface area contributed by atoms with Gasteiger partial charge in [-0.05, 0) is 29.7 Å². The molecular weight excluding hydrogens is 252 g/mol. The first-order chi connectivity index (χ1) is 9.65. The Hall–Kier alpha value is -2.29. The lowest BCUT2D eigenvalue weighted by atomic mass is 10.0. The van der Waals surface area contributed by atoms with Crippen LogP contribution in [-0.2, 0) is 4.74 Å². The molecule has 3 rings (SSSR count). The Kier molecular flexibility index (Phi) is 3.18. The maximum Gasteiger partial charge on any atom is 0.342 e. The first kappa shape index (κ1) is 12.7. The molecule has 0 bridgehead atoms. The minimum Gasteiger partial charge on any atom is -0.450 e. The highest BCUT2D eigenvalue weighted by Gasteiger charge is 2.32. The van der Waals surface area contributed by atoms with E-state index in [1.165, 1.54) is 5.56 Å². The molecule has 0 aliphatic carbocycles. The molecule has 1 aliphatic rings. The molecule has 0 amide bonds. The number of hydrogen-bond donors (Lipinski definition) is 0. The predicted molar refractivity (Wildman–Crippen MR) is 75.8 cm³/mol. The van der Waals surface area contributed by atoms with E-state index in [4.69, 9.17) is 9.47 Å². The summed E-state index contributed by atoms with van der Waals surface area (Å²) < 4.78 is 11.0. The fraction of sp³-hybridized carbons (Fsp3) is 0.235. The van der Waals surface area contributed by atoms with Crippen LogP contribution >= 0.6 is 0 Å². The van der Waals surface area contributed by atoms with Crippen LogP contribution in [0.15, 0.2) is 48.5 Å². The predicted octanol–water partition coefficient (Wildman–Crippen LogP) is 4.06. The average Bonchev–Trinajstić information content (AvgIpc) is 2.77. The van der Waals surface area contributed by atoms with Gasteiger partial charge in [-0.1, -0.05) is 44.2 Å². The van der Waals surface area contributed by atoms with E-state index in [1.54, 1.807) is 6.07 Å². The van der Waals surface area contributed by atoms with Crippen molar-refractivity contribution in [3.05, 3.63) is 65.2 Å². The molecular formula is C17H16O3. The average molecular weight is 268 g/mol. The van der Waals surface area contributed by atoms with Crippen LogP contribution in [-0.4, -0.2) is 5.97 Å². The number of carbonyl (C=O) groups is 1. The third kappa shape index (κ3) is 2.27. The number of benzene rings is 2. The van der Waals surface area contributed by atoms with Gasteiger partial charge in [-0.2, -0.15) is 0 Å². The Morgan fingerprint density at radius 1 is 1.05 bits per heavy atom. The molecule has 0 spiro atoms. The van der Waals surface area contributed by atoms with Crippen LogP contribution < -0.4 is 4.74 Å². The number of fused-ring (bicyclic) bond motifs is 1. The zero-order chi connectivity index (χ0) is 14.1. The normalized spacial score (nSPS) is 16.9. The Morgan fingerprint density at radius 2 is 1.75 bits per heavy atom. The van der Waals surface area contributed by atoms with Gasteiger partial charge in [0.1, 0.15) is 5.75 Å². The highest BCUT2D eigenvalue weighted by atomic mass is 16.7. The lowest BCUT2D eigenvalue weighted by Crippen LogP contribution is -2.07. The fourth-order valence-electron chi connectivity index (χ4n) is 2.26. The molecule has 0 N–H and O–H groups in total. The van der Waals surface area contributed by atoms with E-state index < -0.39 is 6.29 Å². The van der Waals surface area contributed by atoms with Crippen LogP contribution in [0.1, 0.15) is 47.5 Å². The van der Waals surface area contributed by atoms with Gasteiger partial charge in [0.2, 0.25) is 0 Å². The van der Waals surface area contributed by atoms with Crippen LogP contribution in [0, 0.1) is 0 Å². The molecule has 1 aliphatic heterocycles. The van der Waals surface area contributed by atoms with Gasteiger partial charge in [0.25, 0.3) is 6.29 Å². The third-order valence-corrected chi connectivity index (χ3v) is 3.44. The lowest BCUT2D eigenvalue weighted by Gasteiger charge is -2.14. The van der Waals surface area contributed by atoms with E-state index >= 15 is 0 Å². The number of hydrogen-bond acceptors (Lipinski definition) is 3. The second-order valence-corrected chi connectivity index (χ2v) is 5.17. The molecule has 0 radical (unpaired) electrons. The molecule has 1 atom stereocenters. The Balaban J connectivity index is 1.81.